The van der Waals surface area contributed by atoms with Crippen LogP contribution in [0.15, 0.2) is 5.16 Å². The minimum absolute atomic E-state index is 0.693. The minimum atomic E-state index is 0.693. The molecule has 9 heavy (non-hydrogen) atoms. The van der Waals surface area contributed by atoms with Gasteiger partial charge < -0.3 is 4.84 Å². The van der Waals surface area contributed by atoms with Gasteiger partial charge in [-0.2, -0.15) is 0 Å². The standard InChI is InChI=1S/C7H11NO/c1-2-4-7-6(3-1)5-9-8-7/h6H,1-5H2. The van der Waals surface area contributed by atoms with E-state index >= 15 is 0 Å². The second-order valence-electron chi connectivity index (χ2n) is 2.82. The van der Waals surface area contributed by atoms with E-state index in [-0.39, 0.29) is 0 Å². The van der Waals surface area contributed by atoms with Crippen molar-refractivity contribution in [3.63, 3.8) is 0 Å². The molecule has 0 amide bonds. The number of fused-ring (bicyclic) bond motifs is 1. The fourth-order valence-electron chi connectivity index (χ4n) is 1.58. The van der Waals surface area contributed by atoms with Crippen LogP contribution in [0.1, 0.15) is 25.7 Å². The summed E-state index contributed by atoms with van der Waals surface area (Å²) < 4.78 is 0. The fraction of sp³-hybridized carbons (Fsp3) is 0.857. The summed E-state index contributed by atoms with van der Waals surface area (Å²) in [7, 11) is 0. The Bertz CT molecular complexity index is 142. The molecular weight excluding hydrogens is 114 g/mol. The van der Waals surface area contributed by atoms with E-state index in [1.165, 1.54) is 31.4 Å². The summed E-state index contributed by atoms with van der Waals surface area (Å²) in [6.45, 7) is 0.856. The second-order valence-corrected chi connectivity index (χ2v) is 2.82. The second kappa shape index (κ2) is 2.01. The Morgan fingerprint density at radius 1 is 1.44 bits per heavy atom. The van der Waals surface area contributed by atoms with Crippen molar-refractivity contribution in [2.75, 3.05) is 6.61 Å². The Balaban J connectivity index is 2.09. The molecule has 2 rings (SSSR count). The molecule has 2 aliphatic rings. The van der Waals surface area contributed by atoms with Crippen molar-refractivity contribution in [1.29, 1.82) is 0 Å². The van der Waals surface area contributed by atoms with Crippen LogP contribution in [0.25, 0.3) is 0 Å². The van der Waals surface area contributed by atoms with Gasteiger partial charge in [0.25, 0.3) is 0 Å². The molecule has 0 aromatic rings. The smallest absolute Gasteiger partial charge is 0.125 e. The fourth-order valence-corrected chi connectivity index (χ4v) is 1.58. The molecule has 1 atom stereocenters. The SMILES string of the molecule is C1CCC2CON=C2C1. The molecule has 1 heterocycles. The van der Waals surface area contributed by atoms with E-state index in [1.807, 2.05) is 0 Å². The molecule has 0 radical (unpaired) electrons. The topological polar surface area (TPSA) is 21.6 Å². The molecule has 1 fully saturated rings. The van der Waals surface area contributed by atoms with Crippen LogP contribution < -0.4 is 0 Å². The average Bonchev–Trinajstić information content (AvgIpc) is 2.33. The van der Waals surface area contributed by atoms with Crippen LogP contribution in [0.3, 0.4) is 0 Å². The van der Waals surface area contributed by atoms with Crippen molar-refractivity contribution in [1.82, 2.24) is 0 Å². The molecule has 2 heteroatoms. The molecule has 0 bridgehead atoms. The molecule has 0 spiro atoms. The first-order valence-electron chi connectivity index (χ1n) is 3.65. The molecule has 1 saturated carbocycles. The first-order chi connectivity index (χ1) is 4.47. The Hall–Kier alpha value is -0.530. The van der Waals surface area contributed by atoms with Crippen molar-refractivity contribution in [2.24, 2.45) is 11.1 Å². The summed E-state index contributed by atoms with van der Waals surface area (Å²) in [5.74, 6) is 0.693. The van der Waals surface area contributed by atoms with Gasteiger partial charge in [-0.1, -0.05) is 11.6 Å². The van der Waals surface area contributed by atoms with Crippen LogP contribution >= 0.6 is 0 Å². The van der Waals surface area contributed by atoms with Gasteiger partial charge in [-0.3, -0.25) is 0 Å². The Labute approximate surface area is 54.9 Å². The maximum absolute atomic E-state index is 4.98. The van der Waals surface area contributed by atoms with Gasteiger partial charge in [0.1, 0.15) is 6.61 Å². The minimum Gasteiger partial charge on any atom is -0.395 e. The molecular formula is C7H11NO. The monoisotopic (exact) mass is 125 g/mol. The van der Waals surface area contributed by atoms with E-state index in [2.05, 4.69) is 5.16 Å². The van der Waals surface area contributed by atoms with Crippen LogP contribution in [0.4, 0.5) is 0 Å². The highest BCUT2D eigenvalue weighted by molar-refractivity contribution is 5.87. The zero-order chi connectivity index (χ0) is 6.10. The first kappa shape index (κ1) is 5.27. The zero-order valence-corrected chi connectivity index (χ0v) is 5.47. The van der Waals surface area contributed by atoms with E-state index in [0.717, 1.165) is 6.61 Å². The highest BCUT2D eigenvalue weighted by Crippen LogP contribution is 2.25. The highest BCUT2D eigenvalue weighted by Gasteiger charge is 2.25. The quantitative estimate of drug-likeness (QED) is 0.481. The van der Waals surface area contributed by atoms with Gasteiger partial charge in [-0.15, -0.1) is 0 Å². The summed E-state index contributed by atoms with van der Waals surface area (Å²) in [6, 6.07) is 0. The van der Waals surface area contributed by atoms with Crippen molar-refractivity contribution in [3.8, 4) is 0 Å². The number of hydrogen-bond donors (Lipinski definition) is 0. The van der Waals surface area contributed by atoms with Gasteiger partial charge in [0.2, 0.25) is 0 Å². The summed E-state index contributed by atoms with van der Waals surface area (Å²) in [5, 5.41) is 3.97. The van der Waals surface area contributed by atoms with Crippen molar-refractivity contribution in [3.05, 3.63) is 0 Å². The van der Waals surface area contributed by atoms with E-state index in [0.29, 0.717) is 5.92 Å². The molecule has 2 nitrogen and oxygen atoms in total. The molecule has 0 aromatic carbocycles. The van der Waals surface area contributed by atoms with Gasteiger partial charge in [0, 0.05) is 5.92 Å². The summed E-state index contributed by atoms with van der Waals surface area (Å²) in [4.78, 5) is 4.98. The van der Waals surface area contributed by atoms with Crippen molar-refractivity contribution >= 4 is 5.71 Å². The van der Waals surface area contributed by atoms with E-state index in [1.54, 1.807) is 0 Å². The van der Waals surface area contributed by atoms with Gasteiger partial charge in [-0.05, 0) is 19.3 Å². The Kier molecular flexibility index (Phi) is 1.18. The maximum Gasteiger partial charge on any atom is 0.125 e. The van der Waals surface area contributed by atoms with E-state index < -0.39 is 0 Å². The molecule has 1 aliphatic heterocycles. The summed E-state index contributed by atoms with van der Waals surface area (Å²) >= 11 is 0. The van der Waals surface area contributed by atoms with Gasteiger partial charge in [0.05, 0.1) is 5.71 Å². The zero-order valence-electron chi connectivity index (χ0n) is 5.47. The lowest BCUT2D eigenvalue weighted by Crippen LogP contribution is -2.17. The molecule has 0 N–H and O–H groups in total. The van der Waals surface area contributed by atoms with Crippen LogP contribution in [0.5, 0.6) is 0 Å². The molecule has 1 unspecified atom stereocenters. The predicted octanol–water partition coefficient (Wildman–Crippen LogP) is 1.56. The normalized spacial score (nSPS) is 32.9. The summed E-state index contributed by atoms with van der Waals surface area (Å²) in [5.41, 5.74) is 1.32. The molecule has 1 aliphatic carbocycles. The molecule has 0 aromatic heterocycles. The highest BCUT2D eigenvalue weighted by atomic mass is 16.6. The lowest BCUT2D eigenvalue weighted by atomic mass is 9.89. The summed E-state index contributed by atoms with van der Waals surface area (Å²) in [6.07, 6.45) is 5.18. The Morgan fingerprint density at radius 2 is 2.44 bits per heavy atom. The number of oxime groups is 1. The lowest BCUT2D eigenvalue weighted by Gasteiger charge is -2.14. The lowest BCUT2D eigenvalue weighted by molar-refractivity contribution is 0.152. The van der Waals surface area contributed by atoms with Crippen LogP contribution in [-0.4, -0.2) is 12.3 Å². The largest absolute Gasteiger partial charge is 0.395 e. The number of rotatable bonds is 0. The molecule has 50 valence electrons. The third kappa shape index (κ3) is 0.824. The predicted molar refractivity (Wildman–Crippen MR) is 35.3 cm³/mol. The van der Waals surface area contributed by atoms with Gasteiger partial charge >= 0.3 is 0 Å². The van der Waals surface area contributed by atoms with E-state index in [4.69, 9.17) is 4.84 Å². The number of nitrogens with zero attached hydrogens (tertiary/aromatic N) is 1. The van der Waals surface area contributed by atoms with Crippen molar-refractivity contribution < 1.29 is 4.84 Å². The Morgan fingerprint density at radius 3 is 3.33 bits per heavy atom. The average molecular weight is 125 g/mol. The van der Waals surface area contributed by atoms with E-state index in [9.17, 15) is 0 Å². The third-order valence-corrected chi connectivity index (χ3v) is 2.16. The van der Waals surface area contributed by atoms with Gasteiger partial charge in [-0.25, -0.2) is 0 Å². The van der Waals surface area contributed by atoms with Crippen LogP contribution in [-0.2, 0) is 4.84 Å². The third-order valence-electron chi connectivity index (χ3n) is 2.16. The molecule has 0 saturated heterocycles. The van der Waals surface area contributed by atoms with Crippen LogP contribution in [0, 0.1) is 5.92 Å². The van der Waals surface area contributed by atoms with Gasteiger partial charge in [0.15, 0.2) is 0 Å². The maximum atomic E-state index is 4.98. The number of hydrogen-bond acceptors (Lipinski definition) is 2. The van der Waals surface area contributed by atoms with Crippen LogP contribution in [0.2, 0.25) is 0 Å². The first-order valence-corrected chi connectivity index (χ1v) is 3.65. The van der Waals surface area contributed by atoms with Crippen molar-refractivity contribution in [2.45, 2.75) is 25.7 Å².